The minimum atomic E-state index is 0. The number of carbonyl (C=O) groups is 1. The highest BCUT2D eigenvalue weighted by atomic mass is 35.5. The maximum atomic E-state index is 12.3. The number of anilines is 1. The van der Waals surface area contributed by atoms with Gasteiger partial charge in [0.05, 0.1) is 6.54 Å². The average molecular weight is 346 g/mol. The zero-order valence-corrected chi connectivity index (χ0v) is 14.8. The molecule has 1 aromatic rings. The van der Waals surface area contributed by atoms with Gasteiger partial charge < -0.3 is 10.6 Å². The van der Waals surface area contributed by atoms with Crippen LogP contribution in [-0.2, 0) is 4.79 Å². The third-order valence-electron chi connectivity index (χ3n) is 3.95. The molecule has 1 heterocycles. The number of nitrogens with one attached hydrogen (secondary N) is 2. The number of nitrogens with zero attached hydrogens (tertiary/aromatic N) is 1. The van der Waals surface area contributed by atoms with E-state index in [-0.39, 0.29) is 18.3 Å². The van der Waals surface area contributed by atoms with Crippen molar-refractivity contribution >= 4 is 35.6 Å². The lowest BCUT2D eigenvalue weighted by molar-refractivity contribution is -0.117. The van der Waals surface area contributed by atoms with Gasteiger partial charge >= 0.3 is 0 Å². The molecule has 1 fully saturated rings. The molecule has 1 atom stereocenters. The summed E-state index contributed by atoms with van der Waals surface area (Å²) in [5.41, 5.74) is 1.71. The fraction of sp³-hybridized carbons (Fsp3) is 0.562. The van der Waals surface area contributed by atoms with Gasteiger partial charge in [-0.15, -0.1) is 12.4 Å². The minimum absolute atomic E-state index is 0. The van der Waals surface area contributed by atoms with E-state index < -0.39 is 0 Å². The summed E-state index contributed by atoms with van der Waals surface area (Å²) in [5.74, 6) is 0.0284. The Morgan fingerprint density at radius 3 is 2.91 bits per heavy atom. The molecule has 6 heteroatoms. The van der Waals surface area contributed by atoms with E-state index in [1.165, 1.54) is 0 Å². The van der Waals surface area contributed by atoms with Gasteiger partial charge in [0.25, 0.3) is 0 Å². The van der Waals surface area contributed by atoms with Gasteiger partial charge in [0.2, 0.25) is 5.91 Å². The van der Waals surface area contributed by atoms with Crippen LogP contribution in [0.15, 0.2) is 18.2 Å². The molecule has 0 radical (unpaired) electrons. The van der Waals surface area contributed by atoms with Crippen LogP contribution in [0.3, 0.4) is 0 Å². The topological polar surface area (TPSA) is 44.4 Å². The molecule has 0 bridgehead atoms. The summed E-state index contributed by atoms with van der Waals surface area (Å²) < 4.78 is 0. The maximum absolute atomic E-state index is 12.3. The largest absolute Gasteiger partial charge is 0.325 e. The lowest BCUT2D eigenvalue weighted by atomic mass is 10.2. The Morgan fingerprint density at radius 2 is 2.27 bits per heavy atom. The summed E-state index contributed by atoms with van der Waals surface area (Å²) in [5, 5.41) is 7.02. The van der Waals surface area contributed by atoms with Gasteiger partial charge in [0, 0.05) is 23.3 Å². The second-order valence-corrected chi connectivity index (χ2v) is 5.98. The van der Waals surface area contributed by atoms with Gasteiger partial charge in [-0.3, -0.25) is 9.69 Å². The van der Waals surface area contributed by atoms with Crippen LogP contribution in [0.5, 0.6) is 0 Å². The second-order valence-electron chi connectivity index (χ2n) is 5.58. The quantitative estimate of drug-likeness (QED) is 0.832. The fourth-order valence-corrected chi connectivity index (χ4v) is 2.92. The van der Waals surface area contributed by atoms with Crippen molar-refractivity contribution in [2.24, 2.45) is 0 Å². The average Bonchev–Trinajstić information content (AvgIpc) is 2.97. The molecule has 1 aromatic carbocycles. The zero-order chi connectivity index (χ0) is 15.2. The number of halogens is 2. The van der Waals surface area contributed by atoms with Crippen molar-refractivity contribution in [3.05, 3.63) is 28.8 Å². The highest BCUT2D eigenvalue weighted by Crippen LogP contribution is 2.23. The number of carbonyl (C=O) groups excluding carboxylic acids is 1. The van der Waals surface area contributed by atoms with Gasteiger partial charge in [-0.2, -0.15) is 0 Å². The normalized spacial score (nSPS) is 17.4. The molecule has 1 aliphatic rings. The van der Waals surface area contributed by atoms with Gasteiger partial charge in [0.15, 0.2) is 0 Å². The number of hydrogen-bond acceptors (Lipinski definition) is 3. The van der Waals surface area contributed by atoms with Crippen molar-refractivity contribution in [2.45, 2.75) is 32.7 Å². The van der Waals surface area contributed by atoms with Crippen molar-refractivity contribution in [3.8, 4) is 0 Å². The molecule has 4 nitrogen and oxygen atoms in total. The van der Waals surface area contributed by atoms with E-state index >= 15 is 0 Å². The second kappa shape index (κ2) is 9.36. The van der Waals surface area contributed by atoms with Crippen molar-refractivity contribution in [1.82, 2.24) is 10.2 Å². The molecule has 124 valence electrons. The Hall–Kier alpha value is -0.810. The van der Waals surface area contributed by atoms with E-state index in [4.69, 9.17) is 11.6 Å². The molecule has 0 aromatic heterocycles. The smallest absolute Gasteiger partial charge is 0.238 e. The first kappa shape index (κ1) is 19.2. The van der Waals surface area contributed by atoms with E-state index in [9.17, 15) is 4.79 Å². The zero-order valence-electron chi connectivity index (χ0n) is 13.2. The highest BCUT2D eigenvalue weighted by molar-refractivity contribution is 6.31. The molecule has 1 saturated heterocycles. The third kappa shape index (κ3) is 5.13. The molecule has 2 N–H and O–H groups in total. The molecule has 0 aliphatic carbocycles. The molecule has 22 heavy (non-hydrogen) atoms. The third-order valence-corrected chi connectivity index (χ3v) is 4.36. The highest BCUT2D eigenvalue weighted by Gasteiger charge is 2.23. The van der Waals surface area contributed by atoms with Gasteiger partial charge in [-0.05, 0) is 50.6 Å². The van der Waals surface area contributed by atoms with Crippen LogP contribution < -0.4 is 10.6 Å². The van der Waals surface area contributed by atoms with Crippen molar-refractivity contribution in [2.75, 3.05) is 31.5 Å². The maximum Gasteiger partial charge on any atom is 0.238 e. The molecule has 1 amide bonds. The molecule has 0 saturated carbocycles. The number of amides is 1. The number of benzene rings is 1. The summed E-state index contributed by atoms with van der Waals surface area (Å²) in [6, 6.07) is 6.05. The molecular formula is C16H25Cl2N3O. The van der Waals surface area contributed by atoms with Crippen LogP contribution in [0.4, 0.5) is 5.69 Å². The summed E-state index contributed by atoms with van der Waals surface area (Å²) in [6.45, 7) is 7.47. The lowest BCUT2D eigenvalue weighted by Crippen LogP contribution is -2.42. The van der Waals surface area contributed by atoms with E-state index in [2.05, 4.69) is 22.5 Å². The van der Waals surface area contributed by atoms with Crippen LogP contribution in [0.25, 0.3) is 0 Å². The predicted molar refractivity (Wildman–Crippen MR) is 95.2 cm³/mol. The fourth-order valence-electron chi connectivity index (χ4n) is 2.75. The summed E-state index contributed by atoms with van der Waals surface area (Å²) in [4.78, 5) is 14.6. The molecule has 1 aliphatic heterocycles. The Morgan fingerprint density at radius 1 is 1.50 bits per heavy atom. The Kier molecular flexibility index (Phi) is 8.18. The van der Waals surface area contributed by atoms with E-state index in [1.54, 1.807) is 0 Å². The van der Waals surface area contributed by atoms with Crippen molar-refractivity contribution in [3.63, 3.8) is 0 Å². The van der Waals surface area contributed by atoms with E-state index in [0.29, 0.717) is 17.6 Å². The van der Waals surface area contributed by atoms with E-state index in [1.807, 2.05) is 25.1 Å². The Bertz CT molecular complexity index is 490. The van der Waals surface area contributed by atoms with Crippen molar-refractivity contribution < 1.29 is 4.79 Å². The van der Waals surface area contributed by atoms with Gasteiger partial charge in [-0.25, -0.2) is 0 Å². The summed E-state index contributed by atoms with van der Waals surface area (Å²) in [6.07, 6.45) is 2.17. The Balaban J connectivity index is 0.00000242. The van der Waals surface area contributed by atoms with Crippen molar-refractivity contribution in [1.29, 1.82) is 0 Å². The van der Waals surface area contributed by atoms with Crippen LogP contribution in [-0.4, -0.2) is 43.0 Å². The number of rotatable bonds is 6. The van der Waals surface area contributed by atoms with Crippen LogP contribution >= 0.6 is 24.0 Å². The number of hydrogen-bond donors (Lipinski definition) is 2. The Labute approximate surface area is 144 Å². The SMILES string of the molecule is CCCN(CC(=O)Nc1cccc(Cl)c1C)C1CCNC1.Cl. The molecule has 2 rings (SSSR count). The minimum Gasteiger partial charge on any atom is -0.325 e. The van der Waals surface area contributed by atoms with Crippen LogP contribution in [0.2, 0.25) is 5.02 Å². The van der Waals surface area contributed by atoms with E-state index in [0.717, 1.165) is 43.7 Å². The van der Waals surface area contributed by atoms with Gasteiger partial charge in [-0.1, -0.05) is 24.6 Å². The van der Waals surface area contributed by atoms with Crippen LogP contribution in [0.1, 0.15) is 25.3 Å². The first-order valence-electron chi connectivity index (χ1n) is 7.61. The monoisotopic (exact) mass is 345 g/mol. The predicted octanol–water partition coefficient (Wildman–Crippen LogP) is 3.08. The van der Waals surface area contributed by atoms with Crippen LogP contribution in [0, 0.1) is 6.92 Å². The summed E-state index contributed by atoms with van der Waals surface area (Å²) in [7, 11) is 0. The standard InChI is InChI=1S/C16H24ClN3O.ClH/c1-3-9-20(13-7-8-18-10-13)11-16(21)19-15-6-4-5-14(17)12(15)2;/h4-6,13,18H,3,7-11H2,1-2H3,(H,19,21);1H. The molecular weight excluding hydrogens is 321 g/mol. The van der Waals surface area contributed by atoms with Gasteiger partial charge in [0.1, 0.15) is 0 Å². The lowest BCUT2D eigenvalue weighted by Gasteiger charge is -2.27. The first-order chi connectivity index (χ1) is 10.1. The molecule has 1 unspecified atom stereocenters. The summed E-state index contributed by atoms with van der Waals surface area (Å²) >= 11 is 6.09. The first-order valence-corrected chi connectivity index (χ1v) is 7.99. The molecule has 0 spiro atoms.